The van der Waals surface area contributed by atoms with Gasteiger partial charge in [-0.2, -0.15) is 0 Å². The number of nitrogens with one attached hydrogen (secondary N) is 1. The lowest BCUT2D eigenvalue weighted by molar-refractivity contribution is -0.132. The number of carbonyl (C=O) groups is 2. The topological polar surface area (TPSA) is 49.4 Å². The molecule has 0 aliphatic heterocycles. The molecule has 0 saturated carbocycles. The van der Waals surface area contributed by atoms with E-state index in [0.29, 0.717) is 6.54 Å². The summed E-state index contributed by atoms with van der Waals surface area (Å²) in [5.74, 6) is -0.336. The summed E-state index contributed by atoms with van der Waals surface area (Å²) in [7, 11) is 0. The number of para-hydroxylation sites is 1. The standard InChI is InChI=1S/C15H20N2O2/c1-4-10-17(12(3)18)11-15(19)16-14-9-7-6-8-13(14)5-2/h4,6-9H,1,5,10-11H2,2-3H3,(H,16,19). The van der Waals surface area contributed by atoms with Crippen LogP contribution in [0, 0.1) is 0 Å². The maximum absolute atomic E-state index is 11.9. The maximum Gasteiger partial charge on any atom is 0.244 e. The highest BCUT2D eigenvalue weighted by Gasteiger charge is 2.13. The molecule has 19 heavy (non-hydrogen) atoms. The lowest BCUT2D eigenvalue weighted by Crippen LogP contribution is -2.36. The Morgan fingerprint density at radius 2 is 2.05 bits per heavy atom. The molecule has 0 aromatic heterocycles. The summed E-state index contributed by atoms with van der Waals surface area (Å²) >= 11 is 0. The van der Waals surface area contributed by atoms with Crippen molar-refractivity contribution in [1.82, 2.24) is 4.90 Å². The molecule has 0 aliphatic rings. The van der Waals surface area contributed by atoms with Gasteiger partial charge in [-0.3, -0.25) is 9.59 Å². The molecule has 1 aromatic carbocycles. The van der Waals surface area contributed by atoms with E-state index in [0.717, 1.165) is 17.7 Å². The van der Waals surface area contributed by atoms with Gasteiger partial charge in [-0.15, -0.1) is 6.58 Å². The van der Waals surface area contributed by atoms with Crippen molar-refractivity contribution in [2.45, 2.75) is 20.3 Å². The molecule has 0 heterocycles. The third-order valence-corrected chi connectivity index (χ3v) is 2.80. The van der Waals surface area contributed by atoms with E-state index in [-0.39, 0.29) is 18.4 Å². The molecule has 0 saturated heterocycles. The summed E-state index contributed by atoms with van der Waals surface area (Å²) in [5, 5.41) is 2.84. The molecule has 0 radical (unpaired) electrons. The quantitative estimate of drug-likeness (QED) is 0.797. The second kappa shape index (κ2) is 7.36. The van der Waals surface area contributed by atoms with Gasteiger partial charge in [0.15, 0.2) is 0 Å². The van der Waals surface area contributed by atoms with Gasteiger partial charge in [-0.1, -0.05) is 31.2 Å². The van der Waals surface area contributed by atoms with Crippen LogP contribution in [0.1, 0.15) is 19.4 Å². The second-order valence-corrected chi connectivity index (χ2v) is 4.25. The first-order chi connectivity index (χ1) is 9.08. The third-order valence-electron chi connectivity index (χ3n) is 2.80. The van der Waals surface area contributed by atoms with Gasteiger partial charge in [0, 0.05) is 19.2 Å². The summed E-state index contributed by atoms with van der Waals surface area (Å²) in [5.41, 5.74) is 1.88. The van der Waals surface area contributed by atoms with Gasteiger partial charge in [-0.05, 0) is 18.1 Å². The number of aryl methyl sites for hydroxylation is 1. The highest BCUT2D eigenvalue weighted by atomic mass is 16.2. The summed E-state index contributed by atoms with van der Waals surface area (Å²) in [6.45, 7) is 7.46. The molecule has 0 atom stereocenters. The number of anilines is 1. The molecule has 102 valence electrons. The Balaban J connectivity index is 2.68. The van der Waals surface area contributed by atoms with E-state index in [9.17, 15) is 9.59 Å². The van der Waals surface area contributed by atoms with Crippen LogP contribution in [0.5, 0.6) is 0 Å². The maximum atomic E-state index is 11.9. The van der Waals surface area contributed by atoms with Crippen molar-refractivity contribution in [3.8, 4) is 0 Å². The van der Waals surface area contributed by atoms with Crippen molar-refractivity contribution in [3.63, 3.8) is 0 Å². The van der Waals surface area contributed by atoms with Crippen LogP contribution in [0.15, 0.2) is 36.9 Å². The molecule has 2 amide bonds. The van der Waals surface area contributed by atoms with E-state index in [4.69, 9.17) is 0 Å². The van der Waals surface area contributed by atoms with Crippen molar-refractivity contribution in [2.75, 3.05) is 18.4 Å². The molecule has 1 aromatic rings. The summed E-state index contributed by atoms with van der Waals surface area (Å²) in [4.78, 5) is 24.7. The molecule has 0 spiro atoms. The summed E-state index contributed by atoms with van der Waals surface area (Å²) < 4.78 is 0. The van der Waals surface area contributed by atoms with E-state index in [1.807, 2.05) is 31.2 Å². The molecule has 4 heteroatoms. The Labute approximate surface area is 114 Å². The first-order valence-electron chi connectivity index (χ1n) is 6.32. The average molecular weight is 260 g/mol. The fourth-order valence-corrected chi connectivity index (χ4v) is 1.77. The van der Waals surface area contributed by atoms with Crippen molar-refractivity contribution >= 4 is 17.5 Å². The Kier molecular flexibility index (Phi) is 5.79. The highest BCUT2D eigenvalue weighted by Crippen LogP contribution is 2.15. The fourth-order valence-electron chi connectivity index (χ4n) is 1.77. The lowest BCUT2D eigenvalue weighted by atomic mass is 10.1. The minimum Gasteiger partial charge on any atom is -0.330 e. The Morgan fingerprint density at radius 1 is 1.37 bits per heavy atom. The molecule has 0 unspecified atom stereocenters. The van der Waals surface area contributed by atoms with Crippen LogP contribution < -0.4 is 5.32 Å². The minimum atomic E-state index is -0.196. The van der Waals surface area contributed by atoms with Crippen LogP contribution in [-0.4, -0.2) is 29.8 Å². The monoisotopic (exact) mass is 260 g/mol. The van der Waals surface area contributed by atoms with E-state index < -0.39 is 0 Å². The first-order valence-corrected chi connectivity index (χ1v) is 6.32. The van der Waals surface area contributed by atoms with Crippen LogP contribution in [-0.2, 0) is 16.0 Å². The normalized spacial score (nSPS) is 9.79. The van der Waals surface area contributed by atoms with E-state index in [2.05, 4.69) is 11.9 Å². The van der Waals surface area contributed by atoms with Crippen molar-refractivity contribution in [1.29, 1.82) is 0 Å². The highest BCUT2D eigenvalue weighted by molar-refractivity contribution is 5.94. The fraction of sp³-hybridized carbons (Fsp3) is 0.333. The third kappa shape index (κ3) is 4.58. The molecular formula is C15H20N2O2. The van der Waals surface area contributed by atoms with Crippen LogP contribution in [0.3, 0.4) is 0 Å². The van der Waals surface area contributed by atoms with E-state index >= 15 is 0 Å². The zero-order chi connectivity index (χ0) is 14.3. The minimum absolute atomic E-state index is 0.0411. The average Bonchev–Trinajstić information content (AvgIpc) is 2.38. The molecular weight excluding hydrogens is 240 g/mol. The van der Waals surface area contributed by atoms with Gasteiger partial charge in [0.25, 0.3) is 0 Å². The van der Waals surface area contributed by atoms with Gasteiger partial charge in [-0.25, -0.2) is 0 Å². The molecule has 1 N–H and O–H groups in total. The molecule has 0 bridgehead atoms. The number of hydrogen-bond acceptors (Lipinski definition) is 2. The SMILES string of the molecule is C=CCN(CC(=O)Nc1ccccc1CC)C(C)=O. The first kappa shape index (κ1) is 15.0. The van der Waals surface area contributed by atoms with Gasteiger partial charge in [0.2, 0.25) is 11.8 Å². The van der Waals surface area contributed by atoms with Crippen molar-refractivity contribution in [3.05, 3.63) is 42.5 Å². The van der Waals surface area contributed by atoms with E-state index in [1.54, 1.807) is 6.08 Å². The second-order valence-electron chi connectivity index (χ2n) is 4.25. The molecule has 0 aliphatic carbocycles. The number of nitrogens with zero attached hydrogens (tertiary/aromatic N) is 1. The summed E-state index contributed by atoms with van der Waals surface area (Å²) in [6.07, 6.45) is 2.45. The van der Waals surface area contributed by atoms with Crippen molar-refractivity contribution < 1.29 is 9.59 Å². The smallest absolute Gasteiger partial charge is 0.244 e. The number of amides is 2. The van der Waals surface area contributed by atoms with Crippen LogP contribution in [0.4, 0.5) is 5.69 Å². The number of benzene rings is 1. The number of carbonyl (C=O) groups excluding carboxylic acids is 2. The van der Waals surface area contributed by atoms with Gasteiger partial charge >= 0.3 is 0 Å². The van der Waals surface area contributed by atoms with Gasteiger partial charge < -0.3 is 10.2 Å². The molecule has 0 fully saturated rings. The Morgan fingerprint density at radius 3 is 2.63 bits per heavy atom. The largest absolute Gasteiger partial charge is 0.330 e. The molecule has 1 rings (SSSR count). The lowest BCUT2D eigenvalue weighted by Gasteiger charge is -2.19. The zero-order valence-corrected chi connectivity index (χ0v) is 11.5. The Hall–Kier alpha value is -2.10. The van der Waals surface area contributed by atoms with Crippen LogP contribution in [0.2, 0.25) is 0 Å². The zero-order valence-electron chi connectivity index (χ0n) is 11.5. The molecule has 4 nitrogen and oxygen atoms in total. The van der Waals surface area contributed by atoms with Gasteiger partial charge in [0.1, 0.15) is 6.54 Å². The predicted octanol–water partition coefficient (Wildman–Crippen LogP) is 2.22. The predicted molar refractivity (Wildman–Crippen MR) is 76.9 cm³/mol. The number of rotatable bonds is 6. The number of hydrogen-bond donors (Lipinski definition) is 1. The van der Waals surface area contributed by atoms with Gasteiger partial charge in [0.05, 0.1) is 0 Å². The summed E-state index contributed by atoms with van der Waals surface area (Å²) in [6, 6.07) is 7.65. The van der Waals surface area contributed by atoms with Crippen LogP contribution in [0.25, 0.3) is 0 Å². The Bertz CT molecular complexity index is 469. The van der Waals surface area contributed by atoms with E-state index in [1.165, 1.54) is 11.8 Å². The van der Waals surface area contributed by atoms with Crippen LogP contribution >= 0.6 is 0 Å². The van der Waals surface area contributed by atoms with Crippen molar-refractivity contribution in [2.24, 2.45) is 0 Å².